The number of pyridine rings is 1. The monoisotopic (exact) mass is 393 g/mol. The maximum Gasteiger partial charge on any atom is 0.301 e. The van der Waals surface area contributed by atoms with Gasteiger partial charge in [-0.1, -0.05) is 18.2 Å². The maximum absolute atomic E-state index is 12.5. The number of nitrogens with zero attached hydrogens (tertiary/aromatic N) is 4. The van der Waals surface area contributed by atoms with Crippen molar-refractivity contribution in [2.24, 2.45) is 5.10 Å². The van der Waals surface area contributed by atoms with Gasteiger partial charge in [-0.3, -0.25) is 30.4 Å². The SMILES string of the molecule is O=c1cc(C=NNc2ccc([N+](=O)[O-])cc2[N+](=O)[O-])c2cccc3c2n1CCC3. The van der Waals surface area contributed by atoms with Crippen LogP contribution in [0.1, 0.15) is 17.5 Å². The van der Waals surface area contributed by atoms with E-state index >= 15 is 0 Å². The highest BCUT2D eigenvalue weighted by Crippen LogP contribution is 2.29. The van der Waals surface area contributed by atoms with Crippen LogP contribution in [0.4, 0.5) is 17.1 Å². The van der Waals surface area contributed by atoms with Crippen molar-refractivity contribution in [2.45, 2.75) is 19.4 Å². The number of nitro groups is 2. The van der Waals surface area contributed by atoms with Gasteiger partial charge in [-0.05, 0) is 24.5 Å². The second kappa shape index (κ2) is 7.15. The summed E-state index contributed by atoms with van der Waals surface area (Å²) in [5.74, 6) is 0. The summed E-state index contributed by atoms with van der Waals surface area (Å²) in [6.45, 7) is 0.664. The zero-order valence-corrected chi connectivity index (χ0v) is 15.1. The molecule has 3 aromatic rings. The van der Waals surface area contributed by atoms with Crippen LogP contribution in [-0.2, 0) is 13.0 Å². The van der Waals surface area contributed by atoms with Crippen LogP contribution in [0.15, 0.2) is 52.4 Å². The number of anilines is 1. The largest absolute Gasteiger partial charge is 0.308 e. The normalized spacial score (nSPS) is 13.0. The van der Waals surface area contributed by atoms with Gasteiger partial charge in [0.05, 0.1) is 27.6 Å². The fraction of sp³-hybridized carbons (Fsp3) is 0.158. The number of hydrazone groups is 1. The van der Waals surface area contributed by atoms with Crippen molar-refractivity contribution < 1.29 is 9.85 Å². The van der Waals surface area contributed by atoms with E-state index in [0.29, 0.717) is 12.1 Å². The maximum atomic E-state index is 12.5. The van der Waals surface area contributed by atoms with Crippen LogP contribution >= 0.6 is 0 Å². The summed E-state index contributed by atoms with van der Waals surface area (Å²) in [6, 6.07) is 10.5. The van der Waals surface area contributed by atoms with Gasteiger partial charge in [-0.25, -0.2) is 0 Å². The number of para-hydroxylation sites is 1. The van der Waals surface area contributed by atoms with E-state index in [1.165, 1.54) is 18.3 Å². The first-order chi connectivity index (χ1) is 14.0. The summed E-state index contributed by atoms with van der Waals surface area (Å²) >= 11 is 0. The molecule has 0 bridgehead atoms. The Morgan fingerprint density at radius 3 is 2.69 bits per heavy atom. The molecule has 0 saturated heterocycles. The molecule has 146 valence electrons. The second-order valence-electron chi connectivity index (χ2n) is 6.59. The Hall–Kier alpha value is -4.08. The molecule has 0 atom stereocenters. The second-order valence-corrected chi connectivity index (χ2v) is 6.59. The van der Waals surface area contributed by atoms with Crippen molar-refractivity contribution in [1.82, 2.24) is 4.57 Å². The molecule has 1 aromatic heterocycles. The summed E-state index contributed by atoms with van der Waals surface area (Å²) in [5.41, 5.74) is 4.14. The lowest BCUT2D eigenvalue weighted by molar-refractivity contribution is -0.393. The van der Waals surface area contributed by atoms with E-state index in [1.54, 1.807) is 4.57 Å². The molecule has 0 saturated carbocycles. The van der Waals surface area contributed by atoms with E-state index in [4.69, 9.17) is 0 Å². The Morgan fingerprint density at radius 2 is 1.93 bits per heavy atom. The van der Waals surface area contributed by atoms with Gasteiger partial charge in [-0.15, -0.1) is 0 Å². The lowest BCUT2D eigenvalue weighted by atomic mass is 9.99. The number of nitro benzene ring substituents is 2. The number of benzene rings is 2. The van der Waals surface area contributed by atoms with E-state index in [-0.39, 0.29) is 16.9 Å². The Kier molecular flexibility index (Phi) is 4.51. The Bertz CT molecular complexity index is 1250. The molecule has 0 spiro atoms. The fourth-order valence-corrected chi connectivity index (χ4v) is 3.55. The van der Waals surface area contributed by atoms with Crippen molar-refractivity contribution in [3.63, 3.8) is 0 Å². The zero-order valence-electron chi connectivity index (χ0n) is 15.1. The molecule has 10 nitrogen and oxygen atoms in total. The smallest absolute Gasteiger partial charge is 0.301 e. The highest BCUT2D eigenvalue weighted by atomic mass is 16.6. The Morgan fingerprint density at radius 1 is 1.10 bits per heavy atom. The summed E-state index contributed by atoms with van der Waals surface area (Å²) < 4.78 is 1.75. The molecule has 1 aliphatic rings. The van der Waals surface area contributed by atoms with Crippen molar-refractivity contribution in [3.05, 3.63) is 84.2 Å². The van der Waals surface area contributed by atoms with Crippen LogP contribution in [-0.4, -0.2) is 20.6 Å². The Labute approximate surface area is 163 Å². The van der Waals surface area contributed by atoms with Gasteiger partial charge < -0.3 is 4.57 Å². The standard InChI is InChI=1S/C19H15N5O5/c25-18-9-13(15-5-1-3-12-4-2-8-22(18)19(12)15)11-20-21-16-7-6-14(23(26)27)10-17(16)24(28)29/h1,3,5-7,9-11,21H,2,4,8H2. The molecule has 0 amide bonds. The molecule has 29 heavy (non-hydrogen) atoms. The summed E-state index contributed by atoms with van der Waals surface area (Å²) in [4.78, 5) is 33.1. The minimum absolute atomic E-state index is 0.0105. The fourth-order valence-electron chi connectivity index (χ4n) is 3.55. The third kappa shape index (κ3) is 3.31. The highest BCUT2D eigenvalue weighted by Gasteiger charge is 2.19. The van der Waals surface area contributed by atoms with Crippen LogP contribution in [0.25, 0.3) is 10.9 Å². The van der Waals surface area contributed by atoms with E-state index in [9.17, 15) is 25.0 Å². The van der Waals surface area contributed by atoms with Crippen LogP contribution in [0.5, 0.6) is 0 Å². The van der Waals surface area contributed by atoms with Crippen LogP contribution in [0, 0.1) is 20.2 Å². The number of rotatable bonds is 5. The lowest BCUT2D eigenvalue weighted by Crippen LogP contribution is -2.24. The van der Waals surface area contributed by atoms with E-state index in [2.05, 4.69) is 10.5 Å². The minimum atomic E-state index is -0.723. The topological polar surface area (TPSA) is 133 Å². The van der Waals surface area contributed by atoms with Gasteiger partial charge in [0, 0.05) is 29.6 Å². The van der Waals surface area contributed by atoms with Crippen molar-refractivity contribution in [2.75, 3.05) is 5.43 Å². The van der Waals surface area contributed by atoms with Crippen LogP contribution in [0.3, 0.4) is 0 Å². The molecule has 4 rings (SSSR count). The molecule has 0 radical (unpaired) electrons. The summed E-state index contributed by atoms with van der Waals surface area (Å²) in [5, 5.41) is 26.9. The average molecular weight is 393 g/mol. The van der Waals surface area contributed by atoms with Crippen molar-refractivity contribution >= 4 is 34.2 Å². The van der Waals surface area contributed by atoms with Gasteiger partial charge >= 0.3 is 5.69 Å². The van der Waals surface area contributed by atoms with Crippen LogP contribution < -0.4 is 11.0 Å². The number of hydrogen-bond donors (Lipinski definition) is 1. The lowest BCUT2D eigenvalue weighted by Gasteiger charge is -2.19. The average Bonchev–Trinajstić information content (AvgIpc) is 2.71. The molecular weight excluding hydrogens is 378 g/mol. The highest BCUT2D eigenvalue weighted by molar-refractivity contribution is 5.99. The molecule has 10 heteroatoms. The molecule has 1 aliphatic heterocycles. The van der Waals surface area contributed by atoms with E-state index in [1.807, 2.05) is 18.2 Å². The van der Waals surface area contributed by atoms with Crippen molar-refractivity contribution in [1.29, 1.82) is 0 Å². The van der Waals surface area contributed by atoms with Gasteiger partial charge in [-0.2, -0.15) is 5.10 Å². The molecule has 0 aliphatic carbocycles. The predicted molar refractivity (Wildman–Crippen MR) is 107 cm³/mol. The summed E-state index contributed by atoms with van der Waals surface area (Å²) in [6.07, 6.45) is 3.22. The first-order valence-electron chi connectivity index (χ1n) is 8.83. The van der Waals surface area contributed by atoms with Crippen LogP contribution in [0.2, 0.25) is 0 Å². The minimum Gasteiger partial charge on any atom is -0.308 e. The molecular formula is C19H15N5O5. The number of nitrogens with one attached hydrogen (secondary N) is 1. The quantitative estimate of drug-likeness (QED) is 0.402. The predicted octanol–water partition coefficient (Wildman–Crippen LogP) is 3.21. The number of non-ortho nitro benzene ring substituents is 1. The zero-order chi connectivity index (χ0) is 20.5. The van der Waals surface area contributed by atoms with Gasteiger partial charge in [0.15, 0.2) is 0 Å². The van der Waals surface area contributed by atoms with E-state index in [0.717, 1.165) is 41.4 Å². The third-order valence-electron chi connectivity index (χ3n) is 4.85. The molecule has 2 aromatic carbocycles. The summed E-state index contributed by atoms with van der Waals surface area (Å²) in [7, 11) is 0. The molecule has 0 unspecified atom stereocenters. The first-order valence-corrected chi connectivity index (χ1v) is 8.83. The molecule has 1 N–H and O–H groups in total. The number of aromatic nitrogens is 1. The molecule has 2 heterocycles. The number of hydrogen-bond acceptors (Lipinski definition) is 7. The Balaban J connectivity index is 1.71. The van der Waals surface area contributed by atoms with Gasteiger partial charge in [0.1, 0.15) is 5.69 Å². The molecule has 0 fully saturated rings. The van der Waals surface area contributed by atoms with Gasteiger partial charge in [0.25, 0.3) is 11.2 Å². The first kappa shape index (κ1) is 18.3. The number of aryl methyl sites for hydroxylation is 2. The van der Waals surface area contributed by atoms with Crippen molar-refractivity contribution in [3.8, 4) is 0 Å². The van der Waals surface area contributed by atoms with Gasteiger partial charge in [0.2, 0.25) is 0 Å². The van der Waals surface area contributed by atoms with E-state index < -0.39 is 15.5 Å². The third-order valence-corrected chi connectivity index (χ3v) is 4.85.